The number of anilines is 2. The first kappa shape index (κ1) is 12.9. The number of nitrogens with zero attached hydrogens (tertiary/aromatic N) is 1. The van der Waals surface area contributed by atoms with Crippen LogP contribution in [0.15, 0.2) is 18.2 Å². The highest BCUT2D eigenvalue weighted by Crippen LogP contribution is 2.34. The number of benzene rings is 1. The average molecular weight is 246 g/mol. The molecule has 18 heavy (non-hydrogen) atoms. The van der Waals surface area contributed by atoms with Crippen molar-refractivity contribution >= 4 is 17.3 Å². The van der Waals surface area contributed by atoms with Crippen LogP contribution in [0.4, 0.5) is 11.4 Å². The quantitative estimate of drug-likeness (QED) is 0.869. The number of hydrogen-bond acceptors (Lipinski definition) is 2. The first-order chi connectivity index (χ1) is 8.41. The molecule has 98 valence electrons. The molecule has 1 N–H and O–H groups in total. The van der Waals surface area contributed by atoms with Crippen LogP contribution < -0.4 is 10.2 Å². The highest BCUT2D eigenvalue weighted by Gasteiger charge is 2.32. The molecular weight excluding hydrogens is 224 g/mol. The summed E-state index contributed by atoms with van der Waals surface area (Å²) in [6.45, 7) is 8.50. The summed E-state index contributed by atoms with van der Waals surface area (Å²) in [5.41, 5.74) is 3.34. The van der Waals surface area contributed by atoms with Crippen molar-refractivity contribution in [2.75, 3.05) is 17.3 Å². The third kappa shape index (κ3) is 2.09. The smallest absolute Gasteiger partial charge is 0.249 e. The fourth-order valence-corrected chi connectivity index (χ4v) is 2.33. The van der Waals surface area contributed by atoms with Crippen LogP contribution in [0.5, 0.6) is 0 Å². The van der Waals surface area contributed by atoms with Gasteiger partial charge in [0.2, 0.25) is 5.91 Å². The van der Waals surface area contributed by atoms with E-state index in [1.54, 1.807) is 4.90 Å². The maximum Gasteiger partial charge on any atom is 0.249 e. The zero-order valence-electron chi connectivity index (χ0n) is 11.8. The summed E-state index contributed by atoms with van der Waals surface area (Å²) in [7, 11) is 1.85. The van der Waals surface area contributed by atoms with E-state index in [9.17, 15) is 4.79 Å². The molecule has 0 saturated heterocycles. The maximum atomic E-state index is 12.2. The molecule has 1 aliphatic rings. The van der Waals surface area contributed by atoms with Crippen molar-refractivity contribution in [2.24, 2.45) is 5.92 Å². The highest BCUT2D eigenvalue weighted by atomic mass is 16.2. The number of fused-ring (bicyclic) bond motifs is 1. The molecule has 0 saturated carbocycles. The standard InChI is InChI=1S/C15H22N2O/c1-9(2)11-6-7-13-12(8-11)16-14(10(3)4)15(18)17(13)5/h6-10,14,16H,1-5H3. The van der Waals surface area contributed by atoms with E-state index in [0.29, 0.717) is 5.92 Å². The molecule has 0 radical (unpaired) electrons. The second-order valence-corrected chi connectivity index (χ2v) is 5.69. The Balaban J connectivity index is 2.43. The zero-order chi connectivity index (χ0) is 13.4. The number of nitrogens with one attached hydrogen (secondary N) is 1. The molecule has 3 heteroatoms. The maximum absolute atomic E-state index is 12.2. The lowest BCUT2D eigenvalue weighted by Crippen LogP contribution is -2.47. The normalized spacial score (nSPS) is 19.2. The van der Waals surface area contributed by atoms with Crippen molar-refractivity contribution in [1.82, 2.24) is 0 Å². The summed E-state index contributed by atoms with van der Waals surface area (Å²) in [6.07, 6.45) is 0. The topological polar surface area (TPSA) is 32.3 Å². The molecule has 1 heterocycles. The lowest BCUT2D eigenvalue weighted by atomic mass is 9.96. The second kappa shape index (κ2) is 4.63. The molecule has 1 aromatic rings. The lowest BCUT2D eigenvalue weighted by molar-refractivity contribution is -0.120. The van der Waals surface area contributed by atoms with Crippen LogP contribution in [0, 0.1) is 5.92 Å². The first-order valence-corrected chi connectivity index (χ1v) is 6.60. The molecule has 0 aliphatic carbocycles. The largest absolute Gasteiger partial charge is 0.372 e. The average Bonchev–Trinajstić information content (AvgIpc) is 2.32. The van der Waals surface area contributed by atoms with Gasteiger partial charge in [-0.2, -0.15) is 0 Å². The van der Waals surface area contributed by atoms with Gasteiger partial charge in [0.05, 0.1) is 11.4 Å². The van der Waals surface area contributed by atoms with Gasteiger partial charge < -0.3 is 10.2 Å². The van der Waals surface area contributed by atoms with Crippen LogP contribution in [0.2, 0.25) is 0 Å². The van der Waals surface area contributed by atoms with Crippen molar-refractivity contribution in [2.45, 2.75) is 39.7 Å². The highest BCUT2D eigenvalue weighted by molar-refractivity contribution is 6.04. The molecule has 1 amide bonds. The summed E-state index contributed by atoms with van der Waals surface area (Å²) >= 11 is 0. The Bertz CT molecular complexity index is 466. The minimum Gasteiger partial charge on any atom is -0.372 e. The predicted molar refractivity (Wildman–Crippen MR) is 76.2 cm³/mol. The molecule has 1 aromatic carbocycles. The summed E-state index contributed by atoms with van der Waals surface area (Å²) < 4.78 is 0. The van der Waals surface area contributed by atoms with Crippen molar-refractivity contribution in [3.8, 4) is 0 Å². The van der Waals surface area contributed by atoms with Crippen molar-refractivity contribution in [3.05, 3.63) is 23.8 Å². The summed E-state index contributed by atoms with van der Waals surface area (Å²) in [5, 5.41) is 3.38. The summed E-state index contributed by atoms with van der Waals surface area (Å²) in [5.74, 6) is 0.933. The van der Waals surface area contributed by atoms with Gasteiger partial charge >= 0.3 is 0 Å². The van der Waals surface area contributed by atoms with Gasteiger partial charge in [-0.15, -0.1) is 0 Å². The van der Waals surface area contributed by atoms with Gasteiger partial charge in [0, 0.05) is 7.05 Å². The molecule has 3 nitrogen and oxygen atoms in total. The second-order valence-electron chi connectivity index (χ2n) is 5.69. The molecule has 0 fully saturated rings. The van der Waals surface area contributed by atoms with E-state index < -0.39 is 0 Å². The van der Waals surface area contributed by atoms with Gasteiger partial charge in [0.1, 0.15) is 6.04 Å². The minimum absolute atomic E-state index is 0.120. The van der Waals surface area contributed by atoms with Gasteiger partial charge in [0.25, 0.3) is 0 Å². The van der Waals surface area contributed by atoms with Crippen LogP contribution in [-0.4, -0.2) is 19.0 Å². The van der Waals surface area contributed by atoms with E-state index in [-0.39, 0.29) is 17.9 Å². The van der Waals surface area contributed by atoms with Gasteiger partial charge in [-0.05, 0) is 29.5 Å². The lowest BCUT2D eigenvalue weighted by Gasteiger charge is -2.35. The Morgan fingerprint density at radius 1 is 1.22 bits per heavy atom. The van der Waals surface area contributed by atoms with Crippen molar-refractivity contribution < 1.29 is 4.79 Å². The van der Waals surface area contributed by atoms with Gasteiger partial charge in [-0.1, -0.05) is 33.8 Å². The molecule has 1 atom stereocenters. The number of rotatable bonds is 2. The van der Waals surface area contributed by atoms with E-state index in [1.807, 2.05) is 13.1 Å². The number of carbonyl (C=O) groups excluding carboxylic acids is 1. The molecule has 0 bridgehead atoms. The third-order valence-electron chi connectivity index (χ3n) is 3.62. The molecule has 0 aromatic heterocycles. The van der Waals surface area contributed by atoms with Crippen LogP contribution >= 0.6 is 0 Å². The van der Waals surface area contributed by atoms with E-state index >= 15 is 0 Å². The minimum atomic E-state index is -0.120. The van der Waals surface area contributed by atoms with Crippen molar-refractivity contribution in [1.29, 1.82) is 0 Å². The van der Waals surface area contributed by atoms with Crippen molar-refractivity contribution in [3.63, 3.8) is 0 Å². The Morgan fingerprint density at radius 2 is 1.89 bits per heavy atom. The molecule has 1 unspecified atom stereocenters. The SMILES string of the molecule is CC(C)c1ccc2c(c1)NC(C(C)C)C(=O)N2C. The van der Waals surface area contributed by atoms with Gasteiger partial charge in [-0.3, -0.25) is 4.79 Å². The van der Waals surface area contributed by atoms with Gasteiger partial charge in [0.15, 0.2) is 0 Å². The third-order valence-corrected chi connectivity index (χ3v) is 3.62. The van der Waals surface area contributed by atoms with E-state index in [1.165, 1.54) is 5.56 Å². The van der Waals surface area contributed by atoms with E-state index in [4.69, 9.17) is 0 Å². The van der Waals surface area contributed by atoms with Crippen LogP contribution in [0.25, 0.3) is 0 Å². The number of carbonyl (C=O) groups is 1. The molecule has 1 aliphatic heterocycles. The Labute approximate surface area is 109 Å². The first-order valence-electron chi connectivity index (χ1n) is 6.60. The number of likely N-dealkylation sites (N-methyl/N-ethyl adjacent to an activating group) is 1. The Hall–Kier alpha value is -1.51. The summed E-state index contributed by atoms with van der Waals surface area (Å²) in [4.78, 5) is 14.0. The molecule has 2 rings (SSSR count). The van der Waals surface area contributed by atoms with E-state index in [2.05, 4.69) is 45.1 Å². The summed E-state index contributed by atoms with van der Waals surface area (Å²) in [6, 6.07) is 6.18. The van der Waals surface area contributed by atoms with Gasteiger partial charge in [-0.25, -0.2) is 0 Å². The van der Waals surface area contributed by atoms with Crippen LogP contribution in [0.3, 0.4) is 0 Å². The fourth-order valence-electron chi connectivity index (χ4n) is 2.33. The number of amides is 1. The zero-order valence-corrected chi connectivity index (χ0v) is 11.8. The van der Waals surface area contributed by atoms with Crippen LogP contribution in [-0.2, 0) is 4.79 Å². The molecular formula is C15H22N2O. The monoisotopic (exact) mass is 246 g/mol. The fraction of sp³-hybridized carbons (Fsp3) is 0.533. The Morgan fingerprint density at radius 3 is 2.44 bits per heavy atom. The van der Waals surface area contributed by atoms with Crippen LogP contribution in [0.1, 0.15) is 39.2 Å². The molecule has 0 spiro atoms. The van der Waals surface area contributed by atoms with E-state index in [0.717, 1.165) is 11.4 Å². The number of hydrogen-bond donors (Lipinski definition) is 1. The predicted octanol–water partition coefficient (Wildman–Crippen LogP) is 3.22. The Kier molecular flexibility index (Phi) is 3.33.